The topological polar surface area (TPSA) is 66.5 Å². The van der Waals surface area contributed by atoms with Crippen molar-refractivity contribution in [3.05, 3.63) is 34.9 Å². The van der Waals surface area contributed by atoms with Crippen LogP contribution in [-0.2, 0) is 16.1 Å². The maximum absolute atomic E-state index is 12.7. The minimum absolute atomic E-state index is 0.104. The van der Waals surface area contributed by atoms with Gasteiger partial charge in [0.15, 0.2) is 0 Å². The number of nitrogens with zero attached hydrogens (tertiary/aromatic N) is 1. The molecule has 0 aliphatic carbocycles. The maximum Gasteiger partial charge on any atom is 0.255 e. The number of nitrogens with one attached hydrogen (secondary N) is 1. The highest BCUT2D eigenvalue weighted by Gasteiger charge is 2.40. The van der Waals surface area contributed by atoms with Gasteiger partial charge in [-0.2, -0.15) is 0 Å². The standard InChI is InChI=1S/C18H22N2O3/c1-10(2)11(3)12-5-4-6-13-14(12)9-20(18(13)23)15-7-8-16(21)19-17(15)22/h4-6,10-11,15H,7-9H2,1-3H3,(H,19,21,22). The van der Waals surface area contributed by atoms with Crippen LogP contribution in [-0.4, -0.2) is 28.7 Å². The number of imide groups is 1. The lowest BCUT2D eigenvalue weighted by Crippen LogP contribution is -2.52. The molecular formula is C18H22N2O3. The van der Waals surface area contributed by atoms with Crippen molar-refractivity contribution in [2.24, 2.45) is 5.92 Å². The summed E-state index contributed by atoms with van der Waals surface area (Å²) in [4.78, 5) is 37.7. The molecule has 2 aliphatic rings. The van der Waals surface area contributed by atoms with Crippen molar-refractivity contribution in [1.82, 2.24) is 10.2 Å². The molecule has 5 nitrogen and oxygen atoms in total. The number of hydrogen-bond acceptors (Lipinski definition) is 3. The molecule has 3 amide bonds. The van der Waals surface area contributed by atoms with Crippen LogP contribution in [0.25, 0.3) is 0 Å². The van der Waals surface area contributed by atoms with Crippen molar-refractivity contribution in [3.8, 4) is 0 Å². The molecule has 122 valence electrons. The second-order valence-electron chi connectivity index (χ2n) is 6.81. The third kappa shape index (κ3) is 2.64. The summed E-state index contributed by atoms with van der Waals surface area (Å²) in [6.45, 7) is 6.95. The van der Waals surface area contributed by atoms with Gasteiger partial charge >= 0.3 is 0 Å². The Labute approximate surface area is 136 Å². The molecule has 1 N–H and O–H groups in total. The van der Waals surface area contributed by atoms with Crippen LogP contribution >= 0.6 is 0 Å². The normalized spacial score (nSPS) is 22.3. The third-order valence-corrected chi connectivity index (χ3v) is 5.11. The molecule has 1 saturated heterocycles. The maximum atomic E-state index is 12.7. The highest BCUT2D eigenvalue weighted by Crippen LogP contribution is 2.35. The lowest BCUT2D eigenvalue weighted by atomic mass is 9.86. The summed E-state index contributed by atoms with van der Waals surface area (Å²) in [5, 5.41) is 2.34. The van der Waals surface area contributed by atoms with E-state index in [0.717, 1.165) is 5.56 Å². The van der Waals surface area contributed by atoms with Gasteiger partial charge in [-0.05, 0) is 35.4 Å². The van der Waals surface area contributed by atoms with Gasteiger partial charge in [0, 0.05) is 18.5 Å². The van der Waals surface area contributed by atoms with Crippen LogP contribution in [0.2, 0.25) is 0 Å². The first-order valence-corrected chi connectivity index (χ1v) is 8.16. The van der Waals surface area contributed by atoms with Gasteiger partial charge in [-0.15, -0.1) is 0 Å². The Kier molecular flexibility index (Phi) is 3.96. The van der Waals surface area contributed by atoms with E-state index in [1.807, 2.05) is 12.1 Å². The third-order valence-electron chi connectivity index (χ3n) is 5.11. The largest absolute Gasteiger partial charge is 0.322 e. The van der Waals surface area contributed by atoms with E-state index < -0.39 is 6.04 Å². The highest BCUT2D eigenvalue weighted by molar-refractivity contribution is 6.05. The lowest BCUT2D eigenvalue weighted by molar-refractivity contribution is -0.136. The zero-order valence-electron chi connectivity index (χ0n) is 13.8. The van der Waals surface area contributed by atoms with Gasteiger partial charge in [-0.3, -0.25) is 19.7 Å². The van der Waals surface area contributed by atoms with Crippen molar-refractivity contribution < 1.29 is 14.4 Å². The zero-order chi connectivity index (χ0) is 16.7. The molecule has 2 atom stereocenters. The number of carbonyl (C=O) groups is 3. The first-order valence-electron chi connectivity index (χ1n) is 8.16. The molecule has 0 spiro atoms. The zero-order valence-corrected chi connectivity index (χ0v) is 13.8. The van der Waals surface area contributed by atoms with Gasteiger partial charge in [-0.25, -0.2) is 0 Å². The van der Waals surface area contributed by atoms with Gasteiger partial charge < -0.3 is 4.90 Å². The van der Waals surface area contributed by atoms with Crippen LogP contribution in [0, 0.1) is 5.92 Å². The van der Waals surface area contributed by atoms with E-state index in [-0.39, 0.29) is 24.1 Å². The average molecular weight is 314 g/mol. The second-order valence-corrected chi connectivity index (χ2v) is 6.81. The Bertz CT molecular complexity index is 681. The molecule has 2 heterocycles. The molecular weight excluding hydrogens is 292 g/mol. The Morgan fingerprint density at radius 1 is 1.17 bits per heavy atom. The first-order chi connectivity index (χ1) is 10.9. The molecule has 1 aromatic rings. The molecule has 1 fully saturated rings. The molecule has 2 aliphatic heterocycles. The number of amides is 3. The Balaban J connectivity index is 1.91. The predicted octanol–water partition coefficient (Wildman–Crippen LogP) is 2.21. The van der Waals surface area contributed by atoms with Crippen LogP contribution in [0.5, 0.6) is 0 Å². The van der Waals surface area contributed by atoms with Crippen molar-refractivity contribution in [2.45, 2.75) is 52.1 Å². The van der Waals surface area contributed by atoms with Gasteiger partial charge in [0.05, 0.1) is 0 Å². The first kappa shape index (κ1) is 15.7. The molecule has 0 bridgehead atoms. The summed E-state index contributed by atoms with van der Waals surface area (Å²) in [5.74, 6) is 0.0958. The fourth-order valence-corrected chi connectivity index (χ4v) is 3.40. The molecule has 1 aromatic carbocycles. The summed E-state index contributed by atoms with van der Waals surface area (Å²) in [6, 6.07) is 5.28. The quantitative estimate of drug-likeness (QED) is 0.870. The van der Waals surface area contributed by atoms with Gasteiger partial charge in [0.2, 0.25) is 11.8 Å². The summed E-state index contributed by atoms with van der Waals surface area (Å²) < 4.78 is 0. The fourth-order valence-electron chi connectivity index (χ4n) is 3.40. The van der Waals surface area contributed by atoms with E-state index in [2.05, 4.69) is 32.2 Å². The second kappa shape index (κ2) is 5.80. The molecule has 0 saturated carbocycles. The molecule has 0 radical (unpaired) electrons. The summed E-state index contributed by atoms with van der Waals surface area (Å²) in [7, 11) is 0. The van der Waals surface area contributed by atoms with E-state index in [0.29, 0.717) is 30.4 Å². The molecule has 3 rings (SSSR count). The van der Waals surface area contributed by atoms with Crippen LogP contribution in [0.15, 0.2) is 18.2 Å². The monoisotopic (exact) mass is 314 g/mol. The van der Waals surface area contributed by atoms with Crippen LogP contribution < -0.4 is 5.32 Å². The van der Waals surface area contributed by atoms with E-state index in [4.69, 9.17) is 0 Å². The van der Waals surface area contributed by atoms with Crippen LogP contribution in [0.1, 0.15) is 61.0 Å². The van der Waals surface area contributed by atoms with Crippen molar-refractivity contribution in [2.75, 3.05) is 0 Å². The van der Waals surface area contributed by atoms with Crippen LogP contribution in [0.4, 0.5) is 0 Å². The van der Waals surface area contributed by atoms with Crippen molar-refractivity contribution in [1.29, 1.82) is 0 Å². The summed E-state index contributed by atoms with van der Waals surface area (Å²) in [5.41, 5.74) is 2.91. The van der Waals surface area contributed by atoms with E-state index in [9.17, 15) is 14.4 Å². The lowest BCUT2D eigenvalue weighted by Gasteiger charge is -2.29. The Morgan fingerprint density at radius 3 is 2.57 bits per heavy atom. The van der Waals surface area contributed by atoms with E-state index >= 15 is 0 Å². The van der Waals surface area contributed by atoms with Crippen LogP contribution in [0.3, 0.4) is 0 Å². The fraction of sp³-hybridized carbons (Fsp3) is 0.500. The molecule has 5 heteroatoms. The number of rotatable bonds is 3. The number of benzene rings is 1. The van der Waals surface area contributed by atoms with E-state index in [1.165, 1.54) is 5.56 Å². The number of fused-ring (bicyclic) bond motifs is 1. The number of hydrogen-bond donors (Lipinski definition) is 1. The number of carbonyl (C=O) groups excluding carboxylic acids is 3. The van der Waals surface area contributed by atoms with Crippen molar-refractivity contribution >= 4 is 17.7 Å². The average Bonchev–Trinajstić information content (AvgIpc) is 2.84. The van der Waals surface area contributed by atoms with E-state index in [1.54, 1.807) is 4.90 Å². The minimum Gasteiger partial charge on any atom is -0.322 e. The Hall–Kier alpha value is -2.17. The SMILES string of the molecule is CC(C)C(C)c1cccc2c1CN(C1CCC(=O)NC1=O)C2=O. The van der Waals surface area contributed by atoms with Gasteiger partial charge in [-0.1, -0.05) is 32.9 Å². The predicted molar refractivity (Wildman–Crippen MR) is 85.7 cm³/mol. The molecule has 2 unspecified atom stereocenters. The molecule has 23 heavy (non-hydrogen) atoms. The number of piperidine rings is 1. The smallest absolute Gasteiger partial charge is 0.255 e. The van der Waals surface area contributed by atoms with Crippen molar-refractivity contribution in [3.63, 3.8) is 0 Å². The summed E-state index contributed by atoms with van der Waals surface area (Å²) >= 11 is 0. The summed E-state index contributed by atoms with van der Waals surface area (Å²) in [6.07, 6.45) is 0.686. The minimum atomic E-state index is -0.546. The van der Waals surface area contributed by atoms with Gasteiger partial charge in [0.25, 0.3) is 5.91 Å². The Morgan fingerprint density at radius 2 is 1.91 bits per heavy atom. The van der Waals surface area contributed by atoms with Gasteiger partial charge in [0.1, 0.15) is 6.04 Å². The molecule has 0 aromatic heterocycles. The highest BCUT2D eigenvalue weighted by atomic mass is 16.2.